The molecule has 0 amide bonds. The van der Waals surface area contributed by atoms with Gasteiger partial charge in [-0.25, -0.2) is 0 Å². The van der Waals surface area contributed by atoms with Crippen molar-refractivity contribution in [3.63, 3.8) is 0 Å². The van der Waals surface area contributed by atoms with Crippen molar-refractivity contribution in [3.05, 3.63) is 186 Å². The highest BCUT2D eigenvalue weighted by Crippen LogP contribution is 2.65. The maximum Gasteiger partial charge on any atom is 0.0726 e. The summed E-state index contributed by atoms with van der Waals surface area (Å²) in [6.45, 7) is 2.17. The van der Waals surface area contributed by atoms with E-state index in [0.29, 0.717) is 0 Å². The van der Waals surface area contributed by atoms with Crippen LogP contribution in [0, 0.1) is 6.92 Å². The highest BCUT2D eigenvalue weighted by molar-refractivity contribution is 7.26. The van der Waals surface area contributed by atoms with Crippen molar-refractivity contribution in [3.8, 4) is 22.3 Å². The van der Waals surface area contributed by atoms with Crippen LogP contribution in [0.5, 0.6) is 0 Å². The molecule has 10 rings (SSSR count). The fraction of sp³-hybridized carbons (Fsp3) is 0.0455. The Bertz CT molecular complexity index is 2510. The van der Waals surface area contributed by atoms with Crippen molar-refractivity contribution in [1.82, 2.24) is 0 Å². The number of hydrogen-bond acceptors (Lipinski definition) is 2. The first-order valence-electron chi connectivity index (χ1n) is 15.9. The Morgan fingerprint density at radius 2 is 1.13 bits per heavy atom. The van der Waals surface area contributed by atoms with Crippen molar-refractivity contribution in [2.75, 3.05) is 4.90 Å². The van der Waals surface area contributed by atoms with Gasteiger partial charge in [-0.2, -0.15) is 0 Å². The van der Waals surface area contributed by atoms with Crippen LogP contribution in [-0.4, -0.2) is 0 Å². The molecule has 0 saturated heterocycles. The first-order valence-corrected chi connectivity index (χ1v) is 16.8. The number of hydrogen-bond donors (Lipinski definition) is 0. The van der Waals surface area contributed by atoms with E-state index in [0.717, 1.165) is 17.1 Å². The molecule has 2 aliphatic rings. The quantitative estimate of drug-likeness (QED) is 0.194. The molecule has 7 aromatic carbocycles. The summed E-state index contributed by atoms with van der Waals surface area (Å²) in [5, 5.41) is 2.69. The minimum atomic E-state index is -0.410. The van der Waals surface area contributed by atoms with Crippen molar-refractivity contribution in [2.45, 2.75) is 12.3 Å². The maximum absolute atomic E-state index is 2.48. The molecule has 2 aliphatic carbocycles. The number of thiophene rings is 1. The van der Waals surface area contributed by atoms with Crippen molar-refractivity contribution < 1.29 is 0 Å². The van der Waals surface area contributed by atoms with E-state index in [-0.39, 0.29) is 0 Å². The van der Waals surface area contributed by atoms with Gasteiger partial charge in [0.15, 0.2) is 0 Å². The van der Waals surface area contributed by atoms with Crippen molar-refractivity contribution in [2.24, 2.45) is 0 Å². The zero-order valence-electron chi connectivity index (χ0n) is 25.4. The molecular weight excluding hydrogens is 575 g/mol. The monoisotopic (exact) mass is 603 g/mol. The fourth-order valence-corrected chi connectivity index (χ4v) is 9.58. The molecule has 1 nitrogen and oxygen atoms in total. The molecule has 0 bridgehead atoms. The zero-order chi connectivity index (χ0) is 30.4. The van der Waals surface area contributed by atoms with E-state index < -0.39 is 5.41 Å². The van der Waals surface area contributed by atoms with E-state index in [2.05, 4.69) is 170 Å². The highest BCUT2D eigenvalue weighted by atomic mass is 32.1. The smallest absolute Gasteiger partial charge is 0.0726 e. The van der Waals surface area contributed by atoms with Gasteiger partial charge in [0.05, 0.1) is 5.41 Å². The predicted octanol–water partition coefficient (Wildman–Crippen LogP) is 12.2. The van der Waals surface area contributed by atoms with E-state index in [4.69, 9.17) is 0 Å². The zero-order valence-corrected chi connectivity index (χ0v) is 26.2. The molecule has 1 unspecified atom stereocenters. The molecule has 0 aliphatic heterocycles. The number of nitrogens with zero attached hydrogens (tertiary/aromatic N) is 1. The summed E-state index contributed by atoms with van der Waals surface area (Å²) in [4.78, 5) is 2.40. The molecule has 0 radical (unpaired) electrons. The molecular formula is C44H29NS. The Labute approximate surface area is 272 Å². The van der Waals surface area contributed by atoms with Crippen LogP contribution in [0.1, 0.15) is 27.8 Å². The van der Waals surface area contributed by atoms with E-state index in [1.165, 1.54) is 70.2 Å². The second-order valence-corrected chi connectivity index (χ2v) is 13.6. The second kappa shape index (κ2) is 9.53. The summed E-state index contributed by atoms with van der Waals surface area (Å²) in [6, 6.07) is 58.7. The van der Waals surface area contributed by atoms with E-state index in [1.807, 2.05) is 11.3 Å². The SMILES string of the molecule is Cc1cccc(N(c2ccccc2)c2ccc3c(c2)C2(c4ccccc4-3)c3ccccc3-c3c2ccc2c3sc3ccccc32)c1. The number of rotatable bonds is 3. The molecule has 216 valence electrons. The molecule has 1 heterocycles. The van der Waals surface area contributed by atoms with Gasteiger partial charge in [0.2, 0.25) is 0 Å². The van der Waals surface area contributed by atoms with Crippen LogP contribution < -0.4 is 4.90 Å². The molecule has 1 spiro atoms. The molecule has 2 heteroatoms. The fourth-order valence-electron chi connectivity index (χ4n) is 8.32. The molecule has 1 aromatic heterocycles. The molecule has 8 aromatic rings. The molecule has 0 saturated carbocycles. The summed E-state index contributed by atoms with van der Waals surface area (Å²) < 4.78 is 2.73. The van der Waals surface area contributed by atoms with E-state index in [9.17, 15) is 0 Å². The van der Waals surface area contributed by atoms with Gasteiger partial charge >= 0.3 is 0 Å². The summed E-state index contributed by atoms with van der Waals surface area (Å²) in [7, 11) is 0. The molecule has 0 N–H and O–H groups in total. The van der Waals surface area contributed by atoms with Crippen LogP contribution in [0.2, 0.25) is 0 Å². The van der Waals surface area contributed by atoms with E-state index in [1.54, 1.807) is 0 Å². The normalized spacial score (nSPS) is 15.6. The molecule has 1 atom stereocenters. The first kappa shape index (κ1) is 25.8. The summed E-state index contributed by atoms with van der Waals surface area (Å²) in [5.41, 5.74) is 15.2. The second-order valence-electron chi connectivity index (χ2n) is 12.5. The Hall–Kier alpha value is -5.44. The predicted molar refractivity (Wildman–Crippen MR) is 195 cm³/mol. The van der Waals surface area contributed by atoms with Gasteiger partial charge in [-0.05, 0) is 93.9 Å². The van der Waals surface area contributed by atoms with Crippen LogP contribution in [0.15, 0.2) is 158 Å². The standard InChI is InChI=1S/C44H29NS/c1-28-12-11-15-30(26-28)45(29-13-3-2-4-14-29)31-22-23-33-32-16-5-8-19-37(32)44(40(33)27-31)38-20-9-6-18-36(38)42-39(44)25-24-35-34-17-7-10-21-41(34)46-43(35)42/h2-27H,1H3. The van der Waals surface area contributed by atoms with Crippen LogP contribution in [0.25, 0.3) is 42.4 Å². The van der Waals surface area contributed by atoms with Crippen molar-refractivity contribution >= 4 is 48.6 Å². The van der Waals surface area contributed by atoms with Crippen LogP contribution in [0.3, 0.4) is 0 Å². The molecule has 0 fully saturated rings. The average molecular weight is 604 g/mol. The number of benzene rings is 7. The topological polar surface area (TPSA) is 3.24 Å². The van der Waals surface area contributed by atoms with Gasteiger partial charge in [0, 0.05) is 42.8 Å². The van der Waals surface area contributed by atoms with Crippen LogP contribution in [0.4, 0.5) is 17.1 Å². The Morgan fingerprint density at radius 3 is 1.98 bits per heavy atom. The minimum absolute atomic E-state index is 0.410. The summed E-state index contributed by atoms with van der Waals surface area (Å²) in [6.07, 6.45) is 0. The Balaban J connectivity index is 1.31. The molecule has 46 heavy (non-hydrogen) atoms. The van der Waals surface area contributed by atoms with Gasteiger partial charge in [0.25, 0.3) is 0 Å². The lowest BCUT2D eigenvalue weighted by Crippen LogP contribution is -2.26. The van der Waals surface area contributed by atoms with Gasteiger partial charge in [-0.15, -0.1) is 11.3 Å². The third-order valence-corrected chi connectivity index (χ3v) is 11.3. The third-order valence-electron chi connectivity index (χ3n) is 10.1. The van der Waals surface area contributed by atoms with Gasteiger partial charge in [-0.3, -0.25) is 0 Å². The Kier molecular flexibility index (Phi) is 5.35. The largest absolute Gasteiger partial charge is 0.310 e. The lowest BCUT2D eigenvalue weighted by atomic mass is 9.70. The van der Waals surface area contributed by atoms with Gasteiger partial charge in [0.1, 0.15) is 0 Å². The lowest BCUT2D eigenvalue weighted by Gasteiger charge is -2.32. The number of aryl methyl sites for hydroxylation is 1. The van der Waals surface area contributed by atoms with Gasteiger partial charge in [-0.1, -0.05) is 115 Å². The van der Waals surface area contributed by atoms with Gasteiger partial charge < -0.3 is 4.90 Å². The van der Waals surface area contributed by atoms with Crippen molar-refractivity contribution in [1.29, 1.82) is 0 Å². The summed E-state index contributed by atoms with van der Waals surface area (Å²) in [5.74, 6) is 0. The highest BCUT2D eigenvalue weighted by Gasteiger charge is 2.52. The first-order chi connectivity index (χ1) is 22.7. The summed E-state index contributed by atoms with van der Waals surface area (Å²) >= 11 is 1.93. The number of anilines is 3. The van der Waals surface area contributed by atoms with Crippen LogP contribution in [-0.2, 0) is 5.41 Å². The lowest BCUT2D eigenvalue weighted by molar-refractivity contribution is 0.794. The number of para-hydroxylation sites is 1. The third kappa shape index (κ3) is 3.34. The Morgan fingerprint density at radius 1 is 0.457 bits per heavy atom. The van der Waals surface area contributed by atoms with Crippen LogP contribution >= 0.6 is 11.3 Å². The average Bonchev–Trinajstić information content (AvgIpc) is 3.73. The number of fused-ring (bicyclic) bond motifs is 14. The minimum Gasteiger partial charge on any atom is -0.310 e. The van der Waals surface area contributed by atoms with E-state index >= 15 is 0 Å². The maximum atomic E-state index is 2.48.